The van der Waals surface area contributed by atoms with Crippen LogP contribution in [0, 0.1) is 13.8 Å². The minimum atomic E-state index is 0.649. The van der Waals surface area contributed by atoms with Crippen LogP contribution in [0.25, 0.3) is 5.78 Å². The maximum Gasteiger partial charge on any atom is 0.253 e. The Kier molecular flexibility index (Phi) is 3.63. The van der Waals surface area contributed by atoms with E-state index < -0.39 is 0 Å². The molecule has 0 bridgehead atoms. The average Bonchev–Trinajstić information content (AvgIpc) is 2.80. The summed E-state index contributed by atoms with van der Waals surface area (Å²) in [6, 6.07) is 9.81. The van der Waals surface area contributed by atoms with Gasteiger partial charge in [0.2, 0.25) is 5.16 Å². The zero-order valence-corrected chi connectivity index (χ0v) is 12.7. The first-order valence-corrected chi connectivity index (χ1v) is 7.56. The highest BCUT2D eigenvalue weighted by Gasteiger charge is 2.08. The molecule has 0 aliphatic rings. The Bertz CT molecular complexity index is 769. The molecule has 0 saturated heterocycles. The molecule has 0 saturated carbocycles. The van der Waals surface area contributed by atoms with Gasteiger partial charge in [0.05, 0.1) is 0 Å². The molecule has 0 unspecified atom stereocenters. The molecular weight excluding hydrogens is 292 g/mol. The van der Waals surface area contributed by atoms with Crippen LogP contribution in [0.3, 0.4) is 0 Å². The maximum absolute atomic E-state index is 5.97. The van der Waals surface area contributed by atoms with E-state index in [-0.39, 0.29) is 0 Å². The molecule has 102 valence electrons. The first-order valence-electron chi connectivity index (χ1n) is 6.20. The summed E-state index contributed by atoms with van der Waals surface area (Å²) in [7, 11) is 0. The van der Waals surface area contributed by atoms with Crippen LogP contribution in [-0.4, -0.2) is 19.6 Å². The molecule has 0 amide bonds. The Hall–Kier alpha value is -1.59. The summed E-state index contributed by atoms with van der Waals surface area (Å²) in [5.41, 5.74) is 3.14. The molecule has 3 rings (SSSR count). The molecule has 1 aromatic carbocycles. The molecule has 0 radical (unpaired) electrons. The number of aryl methyl sites for hydroxylation is 2. The zero-order valence-electron chi connectivity index (χ0n) is 11.2. The second-order valence-corrected chi connectivity index (χ2v) is 5.94. The third-order valence-electron chi connectivity index (χ3n) is 2.86. The monoisotopic (exact) mass is 304 g/mol. The number of hydrogen-bond acceptors (Lipinski definition) is 4. The van der Waals surface area contributed by atoms with Crippen molar-refractivity contribution in [3.8, 4) is 0 Å². The molecule has 6 heteroatoms. The molecule has 2 aromatic heterocycles. The van der Waals surface area contributed by atoms with Crippen molar-refractivity contribution in [3.63, 3.8) is 0 Å². The molecule has 0 N–H and O–H groups in total. The summed E-state index contributed by atoms with van der Waals surface area (Å²) >= 11 is 7.56. The van der Waals surface area contributed by atoms with E-state index in [0.29, 0.717) is 5.78 Å². The first-order chi connectivity index (χ1) is 9.61. The molecule has 0 fully saturated rings. The third kappa shape index (κ3) is 2.78. The Morgan fingerprint density at radius 1 is 1.20 bits per heavy atom. The van der Waals surface area contributed by atoms with Gasteiger partial charge in [-0.3, -0.25) is 0 Å². The van der Waals surface area contributed by atoms with Gasteiger partial charge in [0.1, 0.15) is 0 Å². The third-order valence-corrected chi connectivity index (χ3v) is 4.00. The maximum atomic E-state index is 5.97. The average molecular weight is 305 g/mol. The second-order valence-electron chi connectivity index (χ2n) is 4.56. The fourth-order valence-corrected chi connectivity index (χ4v) is 2.96. The van der Waals surface area contributed by atoms with Crippen LogP contribution in [0.4, 0.5) is 0 Å². The molecule has 0 aliphatic carbocycles. The Morgan fingerprint density at radius 3 is 2.85 bits per heavy atom. The van der Waals surface area contributed by atoms with Crippen molar-refractivity contribution in [1.82, 2.24) is 19.6 Å². The fraction of sp³-hybridized carbons (Fsp3) is 0.214. The molecule has 0 atom stereocenters. The van der Waals surface area contributed by atoms with Crippen LogP contribution in [-0.2, 0) is 5.75 Å². The summed E-state index contributed by atoms with van der Waals surface area (Å²) in [6.45, 7) is 3.96. The minimum absolute atomic E-state index is 0.649. The van der Waals surface area contributed by atoms with Crippen molar-refractivity contribution in [2.45, 2.75) is 24.8 Å². The van der Waals surface area contributed by atoms with Crippen molar-refractivity contribution in [3.05, 3.63) is 52.3 Å². The summed E-state index contributed by atoms with van der Waals surface area (Å²) < 4.78 is 1.77. The lowest BCUT2D eigenvalue weighted by atomic mass is 10.2. The largest absolute Gasteiger partial charge is 0.253 e. The van der Waals surface area contributed by atoms with Gasteiger partial charge in [0, 0.05) is 22.2 Å². The van der Waals surface area contributed by atoms with Gasteiger partial charge < -0.3 is 0 Å². The molecule has 0 aliphatic heterocycles. The lowest BCUT2D eigenvalue weighted by molar-refractivity contribution is 0.843. The van der Waals surface area contributed by atoms with E-state index in [9.17, 15) is 0 Å². The minimum Gasteiger partial charge on any atom is -0.216 e. The van der Waals surface area contributed by atoms with E-state index in [1.807, 2.05) is 44.2 Å². The van der Waals surface area contributed by atoms with E-state index in [0.717, 1.165) is 32.9 Å². The summed E-state index contributed by atoms with van der Waals surface area (Å²) in [6.07, 6.45) is 0. The number of nitrogens with zero attached hydrogens (tertiary/aromatic N) is 4. The van der Waals surface area contributed by atoms with Gasteiger partial charge in [-0.05, 0) is 37.6 Å². The summed E-state index contributed by atoms with van der Waals surface area (Å²) in [5, 5.41) is 5.94. The first kappa shape index (κ1) is 13.4. The molecule has 2 heterocycles. The van der Waals surface area contributed by atoms with Crippen LogP contribution in [0.15, 0.2) is 35.5 Å². The van der Waals surface area contributed by atoms with E-state index in [2.05, 4.69) is 15.1 Å². The fourth-order valence-electron chi connectivity index (χ4n) is 1.98. The molecular formula is C14H13ClN4S. The van der Waals surface area contributed by atoms with Crippen molar-refractivity contribution < 1.29 is 0 Å². The number of hydrogen-bond donors (Lipinski definition) is 0. The molecule has 3 aromatic rings. The van der Waals surface area contributed by atoms with Gasteiger partial charge in [-0.15, -0.1) is 5.10 Å². The standard InChI is InChI=1S/C14H13ClN4S/c1-9-6-10(2)19-13(16-9)17-14(18-19)20-8-11-4-3-5-12(15)7-11/h3-7H,8H2,1-2H3. The lowest BCUT2D eigenvalue weighted by Crippen LogP contribution is -1.97. The van der Waals surface area contributed by atoms with E-state index >= 15 is 0 Å². The smallest absolute Gasteiger partial charge is 0.216 e. The predicted molar refractivity (Wildman–Crippen MR) is 81.3 cm³/mol. The zero-order chi connectivity index (χ0) is 14.1. The van der Waals surface area contributed by atoms with Crippen LogP contribution in [0.5, 0.6) is 0 Å². The van der Waals surface area contributed by atoms with Gasteiger partial charge in [-0.25, -0.2) is 9.50 Å². The number of halogens is 1. The second kappa shape index (κ2) is 5.42. The highest BCUT2D eigenvalue weighted by molar-refractivity contribution is 7.98. The highest BCUT2D eigenvalue weighted by atomic mass is 35.5. The number of aromatic nitrogens is 4. The molecule has 20 heavy (non-hydrogen) atoms. The summed E-state index contributed by atoms with van der Waals surface area (Å²) in [4.78, 5) is 8.82. The lowest BCUT2D eigenvalue weighted by Gasteiger charge is -1.98. The van der Waals surface area contributed by atoms with Gasteiger partial charge in [-0.1, -0.05) is 35.5 Å². The van der Waals surface area contributed by atoms with Gasteiger partial charge >= 0.3 is 0 Å². The number of benzene rings is 1. The van der Waals surface area contributed by atoms with Crippen LogP contribution < -0.4 is 0 Å². The summed E-state index contributed by atoms with van der Waals surface area (Å²) in [5.74, 6) is 1.44. The van der Waals surface area contributed by atoms with Gasteiger partial charge in [0.25, 0.3) is 5.78 Å². The van der Waals surface area contributed by atoms with Crippen LogP contribution in [0.1, 0.15) is 17.0 Å². The SMILES string of the molecule is Cc1cc(C)n2nc(SCc3cccc(Cl)c3)nc2n1. The molecule has 4 nitrogen and oxygen atoms in total. The predicted octanol–water partition coefficient (Wildman–Crippen LogP) is 3.69. The van der Waals surface area contributed by atoms with Crippen molar-refractivity contribution in [2.75, 3.05) is 0 Å². The van der Waals surface area contributed by atoms with Crippen molar-refractivity contribution in [2.24, 2.45) is 0 Å². The van der Waals surface area contributed by atoms with Crippen LogP contribution in [0.2, 0.25) is 5.02 Å². The topological polar surface area (TPSA) is 43.1 Å². The van der Waals surface area contributed by atoms with Crippen molar-refractivity contribution in [1.29, 1.82) is 0 Å². The normalized spacial score (nSPS) is 11.2. The van der Waals surface area contributed by atoms with Gasteiger partial charge in [-0.2, -0.15) is 4.98 Å². The quantitative estimate of drug-likeness (QED) is 0.692. The molecule has 0 spiro atoms. The van der Waals surface area contributed by atoms with Gasteiger partial charge in [0.15, 0.2) is 0 Å². The van der Waals surface area contributed by atoms with Crippen LogP contribution >= 0.6 is 23.4 Å². The number of thioether (sulfide) groups is 1. The Balaban J connectivity index is 1.83. The highest BCUT2D eigenvalue weighted by Crippen LogP contribution is 2.22. The number of rotatable bonds is 3. The Labute approximate surface area is 126 Å². The van der Waals surface area contributed by atoms with Crippen molar-refractivity contribution >= 4 is 29.1 Å². The van der Waals surface area contributed by atoms with E-state index in [4.69, 9.17) is 11.6 Å². The van der Waals surface area contributed by atoms with E-state index in [1.165, 1.54) is 0 Å². The Morgan fingerprint density at radius 2 is 2.05 bits per heavy atom. The number of fused-ring (bicyclic) bond motifs is 1. The van der Waals surface area contributed by atoms with E-state index in [1.54, 1.807) is 16.3 Å².